The number of hydrogen-bond donors (Lipinski definition) is 0. The first-order chi connectivity index (χ1) is 9.24. The molecule has 104 valence electrons. The first-order valence-corrected chi connectivity index (χ1v) is 10.5. The number of fused-ring (bicyclic) bond motifs is 1. The summed E-state index contributed by atoms with van der Waals surface area (Å²) < 4.78 is 0. The smallest absolute Gasteiger partial charge is 0.0208 e. The van der Waals surface area contributed by atoms with E-state index in [1.54, 1.807) is 5.56 Å². The van der Waals surface area contributed by atoms with E-state index in [1.807, 2.05) is 0 Å². The van der Waals surface area contributed by atoms with Crippen molar-refractivity contribution >= 4 is 9.52 Å². The summed E-state index contributed by atoms with van der Waals surface area (Å²) in [5, 5.41) is 0. The molecule has 6 unspecified atom stereocenters. The van der Waals surface area contributed by atoms with E-state index in [1.165, 1.54) is 19.3 Å². The lowest BCUT2D eigenvalue weighted by Gasteiger charge is -2.38. The van der Waals surface area contributed by atoms with Crippen LogP contribution in [-0.4, -0.2) is 9.52 Å². The minimum absolute atomic E-state index is 0.143. The zero-order chi connectivity index (χ0) is 13.4. The highest BCUT2D eigenvalue weighted by atomic mass is 28.2. The van der Waals surface area contributed by atoms with Crippen LogP contribution >= 0.6 is 0 Å². The van der Waals surface area contributed by atoms with Crippen LogP contribution in [0.15, 0.2) is 30.3 Å². The van der Waals surface area contributed by atoms with Crippen LogP contribution in [-0.2, 0) is 0 Å². The van der Waals surface area contributed by atoms with E-state index in [9.17, 15) is 0 Å². The predicted octanol–water partition coefficient (Wildman–Crippen LogP) is 4.48. The maximum absolute atomic E-state index is 2.55. The molecule has 1 aromatic rings. The molecule has 1 heteroatoms. The van der Waals surface area contributed by atoms with Crippen LogP contribution in [0.5, 0.6) is 0 Å². The Morgan fingerprint density at radius 1 is 1.00 bits per heavy atom. The lowest BCUT2D eigenvalue weighted by Crippen LogP contribution is -2.28. The third kappa shape index (κ3) is 2.20. The van der Waals surface area contributed by atoms with Crippen LogP contribution in [0, 0.1) is 23.7 Å². The molecule has 2 saturated carbocycles. The van der Waals surface area contributed by atoms with Crippen LogP contribution in [0.2, 0.25) is 12.1 Å². The molecule has 2 aliphatic rings. The van der Waals surface area contributed by atoms with Crippen molar-refractivity contribution in [2.24, 2.45) is 23.7 Å². The van der Waals surface area contributed by atoms with Crippen molar-refractivity contribution in [3.8, 4) is 0 Å². The monoisotopic (exact) mass is 272 g/mol. The fourth-order valence-corrected chi connectivity index (χ4v) is 7.73. The summed E-state index contributed by atoms with van der Waals surface area (Å²) in [4.78, 5) is 0. The van der Waals surface area contributed by atoms with Crippen molar-refractivity contribution < 1.29 is 0 Å². The van der Waals surface area contributed by atoms with Crippen molar-refractivity contribution in [2.45, 2.75) is 51.1 Å². The second-order valence-corrected chi connectivity index (χ2v) is 8.74. The Labute approximate surface area is 120 Å². The molecule has 6 atom stereocenters. The first-order valence-electron chi connectivity index (χ1n) is 8.29. The average molecular weight is 273 g/mol. The summed E-state index contributed by atoms with van der Waals surface area (Å²) in [5.74, 6) is 4.80. The van der Waals surface area contributed by atoms with E-state index >= 15 is 0 Å². The van der Waals surface area contributed by atoms with Crippen LogP contribution in [0.3, 0.4) is 0 Å². The van der Waals surface area contributed by atoms with Gasteiger partial charge >= 0.3 is 0 Å². The Balaban J connectivity index is 1.91. The molecular weight excluding hydrogens is 244 g/mol. The molecule has 0 spiro atoms. The molecule has 0 N–H and O–H groups in total. The van der Waals surface area contributed by atoms with Crippen LogP contribution in [0.25, 0.3) is 0 Å². The van der Waals surface area contributed by atoms with Crippen LogP contribution < -0.4 is 0 Å². The average Bonchev–Trinajstić information content (AvgIpc) is 2.71. The zero-order valence-corrected chi connectivity index (χ0v) is 14.1. The van der Waals surface area contributed by atoms with E-state index in [0.717, 1.165) is 35.1 Å². The summed E-state index contributed by atoms with van der Waals surface area (Å²) in [6, 6.07) is 11.4. The Bertz CT molecular complexity index is 413. The largest absolute Gasteiger partial charge is 0.0746 e. The van der Waals surface area contributed by atoms with Crippen LogP contribution in [0.4, 0.5) is 0 Å². The molecule has 1 aromatic carbocycles. The van der Waals surface area contributed by atoms with Gasteiger partial charge < -0.3 is 0 Å². The Morgan fingerprint density at radius 2 is 1.74 bits per heavy atom. The summed E-state index contributed by atoms with van der Waals surface area (Å²) in [6.45, 7) is 7.64. The van der Waals surface area contributed by atoms with Gasteiger partial charge in [-0.05, 0) is 47.1 Å². The summed E-state index contributed by atoms with van der Waals surface area (Å²) in [7, 11) is 0.143. The molecule has 0 amide bonds. The molecule has 19 heavy (non-hydrogen) atoms. The molecule has 0 heterocycles. The van der Waals surface area contributed by atoms with Gasteiger partial charge in [-0.25, -0.2) is 0 Å². The Hall–Kier alpha value is -0.563. The normalized spacial score (nSPS) is 42.7. The van der Waals surface area contributed by atoms with Gasteiger partial charge in [0, 0.05) is 9.52 Å². The Morgan fingerprint density at radius 3 is 2.42 bits per heavy atom. The van der Waals surface area contributed by atoms with Gasteiger partial charge in [-0.3, -0.25) is 0 Å². The van der Waals surface area contributed by atoms with Crippen molar-refractivity contribution in [1.29, 1.82) is 0 Å². The van der Waals surface area contributed by atoms with E-state index in [4.69, 9.17) is 0 Å². The minimum Gasteiger partial charge on any atom is -0.0746 e. The fraction of sp³-hybridized carbons (Fsp3) is 0.667. The van der Waals surface area contributed by atoms with Crippen molar-refractivity contribution in [2.75, 3.05) is 0 Å². The topological polar surface area (TPSA) is 0 Å². The van der Waals surface area contributed by atoms with Gasteiger partial charge in [-0.1, -0.05) is 63.6 Å². The maximum Gasteiger partial charge on any atom is 0.0208 e. The standard InChI is InChI=1S/C18H28Si/c1-12-13(2)18(19-3)16-11-7-10-15(17(12)16)14-8-5-4-6-9-14/h4-6,8-9,12-13,15-18H,7,10-11,19H2,1-3H3. The molecule has 3 rings (SSSR count). The highest BCUT2D eigenvalue weighted by Crippen LogP contribution is 2.59. The van der Waals surface area contributed by atoms with Crippen LogP contribution in [0.1, 0.15) is 44.6 Å². The molecule has 0 bridgehead atoms. The molecule has 0 radical (unpaired) electrons. The number of hydrogen-bond acceptors (Lipinski definition) is 0. The summed E-state index contributed by atoms with van der Waals surface area (Å²) >= 11 is 0. The molecule has 0 aromatic heterocycles. The van der Waals surface area contributed by atoms with E-state index in [-0.39, 0.29) is 9.52 Å². The van der Waals surface area contributed by atoms with Gasteiger partial charge in [0.05, 0.1) is 0 Å². The third-order valence-electron chi connectivity index (χ3n) is 6.37. The second-order valence-electron chi connectivity index (χ2n) is 6.98. The lowest BCUT2D eigenvalue weighted by atomic mass is 9.68. The molecule has 2 aliphatic carbocycles. The minimum atomic E-state index is 0.143. The molecular formula is C18H28Si. The quantitative estimate of drug-likeness (QED) is 0.697. The molecule has 0 saturated heterocycles. The maximum atomic E-state index is 2.55. The van der Waals surface area contributed by atoms with Gasteiger partial charge in [0.2, 0.25) is 0 Å². The first kappa shape index (κ1) is 13.4. The fourth-order valence-electron chi connectivity index (χ4n) is 5.41. The zero-order valence-electron chi connectivity index (χ0n) is 12.7. The summed E-state index contributed by atoms with van der Waals surface area (Å²) in [5.41, 5.74) is 2.74. The van der Waals surface area contributed by atoms with Gasteiger partial charge in [-0.2, -0.15) is 0 Å². The van der Waals surface area contributed by atoms with Gasteiger partial charge in [0.15, 0.2) is 0 Å². The highest BCUT2D eigenvalue weighted by molar-refractivity contribution is 6.36. The highest BCUT2D eigenvalue weighted by Gasteiger charge is 2.49. The van der Waals surface area contributed by atoms with E-state index < -0.39 is 0 Å². The SMILES string of the molecule is C[SiH2]C1C(C)C(C)C2C(c3ccccc3)CCCC12. The van der Waals surface area contributed by atoms with Gasteiger partial charge in [0.1, 0.15) is 0 Å². The Kier molecular flexibility index (Phi) is 3.84. The van der Waals surface area contributed by atoms with Crippen molar-refractivity contribution in [1.82, 2.24) is 0 Å². The predicted molar refractivity (Wildman–Crippen MR) is 86.5 cm³/mol. The van der Waals surface area contributed by atoms with E-state index in [0.29, 0.717) is 0 Å². The van der Waals surface area contributed by atoms with Gasteiger partial charge in [0.25, 0.3) is 0 Å². The summed E-state index contributed by atoms with van der Waals surface area (Å²) in [6.07, 6.45) is 4.42. The van der Waals surface area contributed by atoms with Gasteiger partial charge in [-0.15, -0.1) is 0 Å². The van der Waals surface area contributed by atoms with E-state index in [2.05, 4.69) is 50.7 Å². The van der Waals surface area contributed by atoms with Crippen molar-refractivity contribution in [3.05, 3.63) is 35.9 Å². The number of benzene rings is 1. The molecule has 0 aliphatic heterocycles. The third-order valence-corrected chi connectivity index (χ3v) is 8.66. The molecule has 2 fully saturated rings. The number of rotatable bonds is 2. The second kappa shape index (κ2) is 5.44. The molecule has 0 nitrogen and oxygen atoms in total. The van der Waals surface area contributed by atoms with Crippen molar-refractivity contribution in [3.63, 3.8) is 0 Å². The lowest BCUT2D eigenvalue weighted by molar-refractivity contribution is 0.196.